The zero-order chi connectivity index (χ0) is 25.6. The van der Waals surface area contributed by atoms with E-state index >= 15 is 0 Å². The van der Waals surface area contributed by atoms with E-state index in [1.54, 1.807) is 0 Å². The minimum Gasteiger partial charge on any atom is -0.466 e. The maximum absolute atomic E-state index is 12.9. The number of esters is 2. The number of benzene rings is 1. The molecule has 2 unspecified atom stereocenters. The molecule has 0 saturated carbocycles. The normalized spacial score (nSPS) is 13.9. The van der Waals surface area contributed by atoms with Gasteiger partial charge in [0, 0.05) is 12.8 Å². The summed E-state index contributed by atoms with van der Waals surface area (Å²) in [6, 6.07) is 8.33. The van der Waals surface area contributed by atoms with Gasteiger partial charge in [-0.05, 0) is 69.9 Å². The van der Waals surface area contributed by atoms with E-state index in [2.05, 4.69) is 38.1 Å². The van der Waals surface area contributed by atoms with Crippen LogP contribution < -0.4 is 0 Å². The number of rotatable bonds is 17. The van der Waals surface area contributed by atoms with Gasteiger partial charge in [0.15, 0.2) is 0 Å². The lowest BCUT2D eigenvalue weighted by Gasteiger charge is -2.28. The molecule has 1 aromatic carbocycles. The van der Waals surface area contributed by atoms with Gasteiger partial charge in [-0.2, -0.15) is 0 Å². The first kappa shape index (κ1) is 29.9. The smallest absolute Gasteiger partial charge is 0.316 e. The van der Waals surface area contributed by atoms with Crippen LogP contribution in [0.3, 0.4) is 0 Å². The second kappa shape index (κ2) is 15.7. The first-order valence-electron chi connectivity index (χ1n) is 13.1. The molecule has 0 spiro atoms. The van der Waals surface area contributed by atoms with Crippen molar-refractivity contribution in [3.8, 4) is 0 Å². The predicted octanol–water partition coefficient (Wildman–Crippen LogP) is 6.60. The fourth-order valence-electron chi connectivity index (χ4n) is 4.24. The van der Waals surface area contributed by atoms with Gasteiger partial charge in [-0.3, -0.25) is 14.4 Å². The molecule has 0 saturated heterocycles. The Morgan fingerprint density at radius 2 is 1.44 bits per heavy atom. The largest absolute Gasteiger partial charge is 0.466 e. The maximum atomic E-state index is 12.9. The number of hydrogen-bond acceptors (Lipinski definition) is 5. The third-order valence-corrected chi connectivity index (χ3v) is 6.38. The van der Waals surface area contributed by atoms with Gasteiger partial charge in [0.05, 0.1) is 24.5 Å². The molecule has 0 aromatic heterocycles. The van der Waals surface area contributed by atoms with Crippen molar-refractivity contribution in [1.82, 2.24) is 0 Å². The Bertz CT molecular complexity index is 752. The van der Waals surface area contributed by atoms with Gasteiger partial charge < -0.3 is 9.47 Å². The van der Waals surface area contributed by atoms with Gasteiger partial charge in [0.1, 0.15) is 5.78 Å². The van der Waals surface area contributed by atoms with Crippen molar-refractivity contribution >= 4 is 17.7 Å². The highest BCUT2D eigenvalue weighted by molar-refractivity contribution is 5.82. The highest BCUT2D eigenvalue weighted by atomic mass is 16.5. The van der Waals surface area contributed by atoms with E-state index in [9.17, 15) is 14.4 Å². The zero-order valence-corrected chi connectivity index (χ0v) is 22.3. The molecule has 0 amide bonds. The lowest BCUT2D eigenvalue weighted by molar-refractivity contribution is -0.150. The molecule has 1 aromatic rings. The molecule has 0 bridgehead atoms. The number of Topliss-reactive ketones (excluding diaryl/α,β-unsaturated/α-hetero) is 1. The summed E-state index contributed by atoms with van der Waals surface area (Å²) < 4.78 is 10.4. The van der Waals surface area contributed by atoms with Crippen LogP contribution in [0.2, 0.25) is 0 Å². The highest BCUT2D eigenvalue weighted by Crippen LogP contribution is 2.32. The van der Waals surface area contributed by atoms with E-state index in [1.807, 2.05) is 27.7 Å². The number of ether oxygens (including phenoxy) is 2. The Kier molecular flexibility index (Phi) is 13.8. The molecule has 0 aliphatic rings. The van der Waals surface area contributed by atoms with Crippen molar-refractivity contribution in [1.29, 1.82) is 0 Å². The predicted molar refractivity (Wildman–Crippen MR) is 137 cm³/mol. The van der Waals surface area contributed by atoms with Crippen LogP contribution in [0.5, 0.6) is 0 Å². The van der Waals surface area contributed by atoms with Crippen LogP contribution in [-0.2, 0) is 35.7 Å². The summed E-state index contributed by atoms with van der Waals surface area (Å²) in [5.74, 6) is 0.359. The molecule has 1 rings (SSSR count). The molecule has 0 aliphatic carbocycles. The van der Waals surface area contributed by atoms with Crippen molar-refractivity contribution in [2.45, 2.75) is 105 Å². The van der Waals surface area contributed by atoms with Crippen molar-refractivity contribution < 1.29 is 23.9 Å². The zero-order valence-electron chi connectivity index (χ0n) is 22.3. The summed E-state index contributed by atoms with van der Waals surface area (Å²) in [6.45, 7) is 12.6. The molecule has 0 fully saturated rings. The average Bonchev–Trinajstić information content (AvgIpc) is 2.79. The van der Waals surface area contributed by atoms with E-state index in [1.165, 1.54) is 5.56 Å². The van der Waals surface area contributed by atoms with Crippen LogP contribution in [0.4, 0.5) is 0 Å². The summed E-state index contributed by atoms with van der Waals surface area (Å²) in [4.78, 5) is 36.8. The topological polar surface area (TPSA) is 69.7 Å². The van der Waals surface area contributed by atoms with E-state index in [0.29, 0.717) is 38.4 Å². The third-order valence-electron chi connectivity index (χ3n) is 6.38. The number of hydrogen-bond donors (Lipinski definition) is 0. The minimum absolute atomic E-state index is 0.116. The number of ketones is 1. The van der Waals surface area contributed by atoms with Crippen LogP contribution in [0.25, 0.3) is 0 Å². The molecule has 5 heteroatoms. The molecule has 192 valence electrons. The van der Waals surface area contributed by atoms with Crippen LogP contribution >= 0.6 is 0 Å². The van der Waals surface area contributed by atoms with Crippen molar-refractivity contribution in [3.05, 3.63) is 35.4 Å². The fourth-order valence-corrected chi connectivity index (χ4v) is 4.24. The first-order chi connectivity index (χ1) is 16.1. The van der Waals surface area contributed by atoms with E-state index in [4.69, 9.17) is 9.47 Å². The Hall–Kier alpha value is -2.17. The molecule has 5 nitrogen and oxygen atoms in total. The van der Waals surface area contributed by atoms with Crippen molar-refractivity contribution in [2.24, 2.45) is 11.8 Å². The van der Waals surface area contributed by atoms with Crippen molar-refractivity contribution in [3.63, 3.8) is 0 Å². The standard InChI is InChI=1S/C29H46O5/c1-7-33-27(31)23(5)13-9-10-14-26(30)15-11-12-20-29(6,28(32)34-8-2)25-18-16-24(17-19-25)21-22(3)4/h16-19,22-23H,7-15,20-21H2,1-6H3. The summed E-state index contributed by atoms with van der Waals surface area (Å²) in [5, 5.41) is 0. The van der Waals surface area contributed by atoms with Crippen LogP contribution in [0.1, 0.15) is 104 Å². The molecular formula is C29H46O5. The van der Waals surface area contributed by atoms with Gasteiger partial charge in [0.2, 0.25) is 0 Å². The minimum atomic E-state index is -0.710. The fraction of sp³-hybridized carbons (Fsp3) is 0.690. The number of carbonyl (C=O) groups excluding carboxylic acids is 3. The Balaban J connectivity index is 2.51. The second-order valence-corrected chi connectivity index (χ2v) is 9.99. The van der Waals surface area contributed by atoms with Gasteiger partial charge in [-0.1, -0.05) is 57.9 Å². The SMILES string of the molecule is CCOC(=O)C(C)CCCCC(=O)CCCCC(C)(C(=O)OCC)c1ccc(CC(C)C)cc1. The number of unbranched alkanes of at least 4 members (excludes halogenated alkanes) is 2. The highest BCUT2D eigenvalue weighted by Gasteiger charge is 2.36. The van der Waals surface area contributed by atoms with E-state index in [-0.39, 0.29) is 23.6 Å². The Morgan fingerprint density at radius 3 is 2.00 bits per heavy atom. The van der Waals surface area contributed by atoms with E-state index < -0.39 is 5.41 Å². The lowest BCUT2D eigenvalue weighted by atomic mass is 9.77. The first-order valence-corrected chi connectivity index (χ1v) is 13.1. The summed E-state index contributed by atoms with van der Waals surface area (Å²) in [6.07, 6.45) is 6.68. The van der Waals surface area contributed by atoms with Gasteiger partial charge in [0.25, 0.3) is 0 Å². The Labute approximate surface area is 207 Å². The summed E-state index contributed by atoms with van der Waals surface area (Å²) in [7, 11) is 0. The van der Waals surface area contributed by atoms with Gasteiger partial charge >= 0.3 is 11.9 Å². The monoisotopic (exact) mass is 474 g/mol. The maximum Gasteiger partial charge on any atom is 0.316 e. The van der Waals surface area contributed by atoms with Crippen LogP contribution in [0.15, 0.2) is 24.3 Å². The lowest BCUT2D eigenvalue weighted by Crippen LogP contribution is -2.34. The molecule has 34 heavy (non-hydrogen) atoms. The van der Waals surface area contributed by atoms with E-state index in [0.717, 1.165) is 44.1 Å². The van der Waals surface area contributed by atoms with Gasteiger partial charge in [-0.25, -0.2) is 0 Å². The van der Waals surface area contributed by atoms with Crippen LogP contribution in [0, 0.1) is 11.8 Å². The summed E-state index contributed by atoms with van der Waals surface area (Å²) >= 11 is 0. The molecule has 0 aliphatic heterocycles. The summed E-state index contributed by atoms with van der Waals surface area (Å²) in [5.41, 5.74) is 1.53. The molecule has 0 radical (unpaired) electrons. The van der Waals surface area contributed by atoms with Crippen LogP contribution in [-0.4, -0.2) is 30.9 Å². The van der Waals surface area contributed by atoms with Gasteiger partial charge in [-0.15, -0.1) is 0 Å². The number of carbonyl (C=O) groups is 3. The molecule has 0 N–H and O–H groups in total. The average molecular weight is 475 g/mol. The second-order valence-electron chi connectivity index (χ2n) is 9.99. The molecule has 0 heterocycles. The van der Waals surface area contributed by atoms with Crippen molar-refractivity contribution in [2.75, 3.05) is 13.2 Å². The molecular weight excluding hydrogens is 428 g/mol. The molecule has 2 atom stereocenters. The quantitative estimate of drug-likeness (QED) is 0.188. The Morgan fingerprint density at radius 1 is 0.853 bits per heavy atom. The third kappa shape index (κ3) is 10.4.